The third-order valence-electron chi connectivity index (χ3n) is 6.86. The fourth-order valence-corrected chi connectivity index (χ4v) is 5.37. The molecule has 5 rings (SSSR count). The van der Waals surface area contributed by atoms with Crippen LogP contribution in [0.25, 0.3) is 10.9 Å². The molecule has 14 heteroatoms. The third kappa shape index (κ3) is 6.86. The Morgan fingerprint density at radius 2 is 1.75 bits per heavy atom. The average molecular weight is 571 g/mol. The molecule has 1 aliphatic carbocycles. The molecule has 2 aliphatic rings. The van der Waals surface area contributed by atoms with Crippen LogP contribution in [0.15, 0.2) is 30.7 Å². The summed E-state index contributed by atoms with van der Waals surface area (Å²) in [6.07, 6.45) is 8.85. The smallest absolute Gasteiger partial charge is 0.256 e. The zero-order valence-corrected chi connectivity index (χ0v) is 23.6. The van der Waals surface area contributed by atoms with Crippen LogP contribution < -0.4 is 19.7 Å². The molecule has 40 heavy (non-hydrogen) atoms. The number of hydrogen-bond donors (Lipinski definition) is 2. The van der Waals surface area contributed by atoms with Crippen molar-refractivity contribution >= 4 is 44.3 Å². The summed E-state index contributed by atoms with van der Waals surface area (Å²) in [5.41, 5.74) is 1.47. The molecule has 0 bridgehead atoms. The number of ether oxygens (including phenoxy) is 2. The van der Waals surface area contributed by atoms with Gasteiger partial charge in [0.1, 0.15) is 11.9 Å². The first-order valence-electron chi connectivity index (χ1n) is 13.2. The number of sulfonamides is 1. The number of fused-ring (bicyclic) bond motifs is 1. The van der Waals surface area contributed by atoms with Gasteiger partial charge < -0.3 is 24.6 Å². The van der Waals surface area contributed by atoms with Gasteiger partial charge >= 0.3 is 0 Å². The van der Waals surface area contributed by atoms with Crippen LogP contribution in [-0.2, 0) is 14.8 Å². The maximum absolute atomic E-state index is 12.1. The van der Waals surface area contributed by atoms with Crippen LogP contribution in [0.1, 0.15) is 36.0 Å². The molecule has 1 saturated carbocycles. The average Bonchev–Trinajstić information content (AvgIpc) is 2.94. The molecule has 0 atom stereocenters. The van der Waals surface area contributed by atoms with E-state index in [1.54, 1.807) is 20.2 Å². The monoisotopic (exact) mass is 570 g/mol. The molecule has 1 aliphatic heterocycles. The fourth-order valence-electron chi connectivity index (χ4n) is 4.83. The number of anilines is 3. The van der Waals surface area contributed by atoms with Gasteiger partial charge in [-0.25, -0.2) is 18.4 Å². The first kappa shape index (κ1) is 27.8. The van der Waals surface area contributed by atoms with E-state index in [0.717, 1.165) is 50.8 Å². The van der Waals surface area contributed by atoms with Gasteiger partial charge in [-0.1, -0.05) is 0 Å². The first-order chi connectivity index (χ1) is 19.1. The van der Waals surface area contributed by atoms with Gasteiger partial charge in [0.05, 0.1) is 47.8 Å². The lowest BCUT2D eigenvalue weighted by Crippen LogP contribution is -2.37. The number of carbonyl (C=O) groups excluding carboxylic acids is 1. The molecule has 214 valence electrons. The Balaban J connectivity index is 1.29. The number of pyridine rings is 2. The molecule has 0 radical (unpaired) electrons. The second kappa shape index (κ2) is 11.8. The Morgan fingerprint density at radius 1 is 1.05 bits per heavy atom. The summed E-state index contributed by atoms with van der Waals surface area (Å²) < 4.78 is 38.0. The number of aromatic nitrogens is 4. The Morgan fingerprint density at radius 3 is 2.40 bits per heavy atom. The number of carbonyl (C=O) groups is 1. The number of amides is 1. The van der Waals surface area contributed by atoms with Gasteiger partial charge in [0.15, 0.2) is 0 Å². The highest BCUT2D eigenvalue weighted by atomic mass is 32.2. The summed E-state index contributed by atoms with van der Waals surface area (Å²) in [5, 5.41) is 4.00. The number of nitrogens with zero attached hydrogens (tertiary/aromatic N) is 6. The van der Waals surface area contributed by atoms with Gasteiger partial charge in [-0.15, -0.1) is 0 Å². The molecule has 0 aromatic carbocycles. The SMILES string of the molecule is CN(C)C(=O)c1cnc(NC2CCC(Oc3nc(N4CCOCC4)cc4ncc(NS(C)(=O)=O)cc34)CC2)nc1. The largest absolute Gasteiger partial charge is 0.474 e. The van der Waals surface area contributed by atoms with Gasteiger partial charge in [0.25, 0.3) is 5.91 Å². The number of hydrogen-bond acceptors (Lipinski definition) is 11. The lowest BCUT2D eigenvalue weighted by atomic mass is 9.93. The molecule has 0 unspecified atom stereocenters. The predicted octanol–water partition coefficient (Wildman–Crippen LogP) is 2.13. The zero-order chi connectivity index (χ0) is 28.3. The highest BCUT2D eigenvalue weighted by Crippen LogP contribution is 2.33. The van der Waals surface area contributed by atoms with Gasteiger partial charge in [0, 0.05) is 51.7 Å². The summed E-state index contributed by atoms with van der Waals surface area (Å²) in [5.74, 6) is 1.54. The quantitative estimate of drug-likeness (QED) is 0.410. The van der Waals surface area contributed by atoms with Crippen molar-refractivity contribution in [3.05, 3.63) is 36.3 Å². The molecule has 1 amide bonds. The van der Waals surface area contributed by atoms with Gasteiger partial charge in [-0.05, 0) is 31.7 Å². The van der Waals surface area contributed by atoms with E-state index in [1.165, 1.54) is 23.5 Å². The standard InChI is InChI=1S/C26H34N8O5S/c1-33(2)25(35)17-14-28-26(29-15-17)30-18-4-6-20(7-5-18)39-24-21-12-19(32-40(3,36)37)16-27-22(21)13-23(31-24)34-8-10-38-11-9-34/h12-16,18,20,32H,4-11H2,1-3H3,(H,28,29,30). The van der Waals surface area contributed by atoms with Crippen molar-refractivity contribution in [2.45, 2.75) is 37.8 Å². The molecule has 1 saturated heterocycles. The minimum atomic E-state index is -3.46. The van der Waals surface area contributed by atoms with Crippen molar-refractivity contribution in [1.29, 1.82) is 0 Å². The molecule has 2 fully saturated rings. The maximum atomic E-state index is 12.1. The number of rotatable bonds is 8. The Kier molecular flexibility index (Phi) is 8.17. The van der Waals surface area contributed by atoms with Crippen molar-refractivity contribution in [3.63, 3.8) is 0 Å². The fraction of sp³-hybridized carbons (Fsp3) is 0.500. The van der Waals surface area contributed by atoms with Crippen LogP contribution in [-0.4, -0.2) is 98.0 Å². The van der Waals surface area contributed by atoms with Crippen LogP contribution in [0.4, 0.5) is 17.5 Å². The number of morpholine rings is 1. The van der Waals surface area contributed by atoms with Gasteiger partial charge in [0.2, 0.25) is 21.9 Å². The Hall–Kier alpha value is -3.78. The van der Waals surface area contributed by atoms with Crippen molar-refractivity contribution in [1.82, 2.24) is 24.8 Å². The van der Waals surface area contributed by atoms with Crippen molar-refractivity contribution < 1.29 is 22.7 Å². The summed E-state index contributed by atoms with van der Waals surface area (Å²) >= 11 is 0. The second-order valence-corrected chi connectivity index (χ2v) is 12.0. The number of nitrogens with one attached hydrogen (secondary N) is 2. The Bertz CT molecular complexity index is 1450. The normalized spacial score (nSPS) is 19.7. The van der Waals surface area contributed by atoms with E-state index in [2.05, 4.69) is 29.9 Å². The lowest BCUT2D eigenvalue weighted by Gasteiger charge is -2.31. The zero-order valence-electron chi connectivity index (χ0n) is 22.8. The molecule has 2 N–H and O–H groups in total. The van der Waals surface area contributed by atoms with E-state index in [4.69, 9.17) is 14.5 Å². The van der Waals surface area contributed by atoms with E-state index in [9.17, 15) is 13.2 Å². The molecular weight excluding hydrogens is 536 g/mol. The molecule has 3 aromatic rings. The van der Waals surface area contributed by atoms with Gasteiger partial charge in [-0.3, -0.25) is 14.5 Å². The highest BCUT2D eigenvalue weighted by molar-refractivity contribution is 7.92. The maximum Gasteiger partial charge on any atom is 0.256 e. The van der Waals surface area contributed by atoms with E-state index < -0.39 is 10.0 Å². The van der Waals surface area contributed by atoms with Gasteiger partial charge in [-0.2, -0.15) is 4.98 Å². The first-order valence-corrected chi connectivity index (χ1v) is 15.1. The predicted molar refractivity (Wildman–Crippen MR) is 151 cm³/mol. The Labute approximate surface area is 233 Å². The van der Waals surface area contributed by atoms with Crippen LogP contribution in [0.5, 0.6) is 5.88 Å². The van der Waals surface area contributed by atoms with Crippen LogP contribution in [0.3, 0.4) is 0 Å². The van der Waals surface area contributed by atoms with E-state index in [0.29, 0.717) is 47.2 Å². The van der Waals surface area contributed by atoms with Crippen LogP contribution >= 0.6 is 0 Å². The molecule has 0 spiro atoms. The van der Waals surface area contributed by atoms with Crippen molar-refractivity contribution in [2.75, 3.05) is 61.6 Å². The second-order valence-electron chi connectivity index (χ2n) is 10.3. The summed E-state index contributed by atoms with van der Waals surface area (Å²) in [6, 6.07) is 3.78. The van der Waals surface area contributed by atoms with Crippen LogP contribution in [0, 0.1) is 0 Å². The van der Waals surface area contributed by atoms with E-state index >= 15 is 0 Å². The van der Waals surface area contributed by atoms with Crippen molar-refractivity contribution in [3.8, 4) is 5.88 Å². The molecule has 4 heterocycles. The molecular formula is C26H34N8O5S. The summed E-state index contributed by atoms with van der Waals surface area (Å²) in [4.78, 5) is 33.7. The summed E-state index contributed by atoms with van der Waals surface area (Å²) in [6.45, 7) is 2.68. The van der Waals surface area contributed by atoms with Crippen LogP contribution in [0.2, 0.25) is 0 Å². The van der Waals surface area contributed by atoms with Crippen molar-refractivity contribution in [2.24, 2.45) is 0 Å². The molecule has 3 aromatic heterocycles. The van der Waals surface area contributed by atoms with E-state index in [1.807, 2.05) is 6.07 Å². The third-order valence-corrected chi connectivity index (χ3v) is 7.47. The minimum absolute atomic E-state index is 0.0683. The lowest BCUT2D eigenvalue weighted by molar-refractivity contribution is 0.0826. The topological polar surface area (TPSA) is 152 Å². The minimum Gasteiger partial charge on any atom is -0.474 e. The highest BCUT2D eigenvalue weighted by Gasteiger charge is 2.25. The molecule has 13 nitrogen and oxygen atoms in total. The summed E-state index contributed by atoms with van der Waals surface area (Å²) in [7, 11) is -0.0858. The van der Waals surface area contributed by atoms with E-state index in [-0.39, 0.29) is 18.1 Å².